The number of ketones is 1. The van der Waals surface area contributed by atoms with Crippen LogP contribution in [0.5, 0.6) is 0 Å². The second-order valence-corrected chi connectivity index (χ2v) is 6.06. The summed E-state index contributed by atoms with van der Waals surface area (Å²) in [5.74, 6) is 0.106. The van der Waals surface area contributed by atoms with Crippen molar-refractivity contribution in [1.82, 2.24) is 5.32 Å². The number of halogens is 1. The maximum absolute atomic E-state index is 12.8. The normalized spacial score (nSPS) is 23.9. The SMILES string of the molecule is C[C@]1(SCc2ccc(F)cc2)CC(=O)CC(=O)N1. The molecular formula is C13H14FNO2S. The smallest absolute Gasteiger partial charge is 0.228 e. The summed E-state index contributed by atoms with van der Waals surface area (Å²) in [6.07, 6.45) is 0.317. The zero-order chi connectivity index (χ0) is 13.2. The third-order valence-electron chi connectivity index (χ3n) is 2.77. The first-order valence-electron chi connectivity index (χ1n) is 5.68. The molecule has 0 saturated carbocycles. The molecule has 5 heteroatoms. The quantitative estimate of drug-likeness (QED) is 0.854. The molecule has 0 aliphatic carbocycles. The van der Waals surface area contributed by atoms with E-state index >= 15 is 0 Å². The van der Waals surface area contributed by atoms with E-state index in [4.69, 9.17) is 0 Å². The number of rotatable bonds is 3. The van der Waals surface area contributed by atoms with E-state index in [9.17, 15) is 14.0 Å². The molecule has 1 aromatic carbocycles. The molecule has 0 radical (unpaired) electrons. The first-order valence-corrected chi connectivity index (χ1v) is 6.66. The number of hydrogen-bond acceptors (Lipinski definition) is 3. The van der Waals surface area contributed by atoms with E-state index in [-0.39, 0.29) is 23.9 Å². The lowest BCUT2D eigenvalue weighted by Crippen LogP contribution is -2.49. The average molecular weight is 267 g/mol. The Labute approximate surface area is 109 Å². The molecule has 96 valence electrons. The van der Waals surface area contributed by atoms with Gasteiger partial charge in [0, 0.05) is 12.2 Å². The number of benzene rings is 1. The number of nitrogens with one attached hydrogen (secondary N) is 1. The number of thioether (sulfide) groups is 1. The summed E-state index contributed by atoms with van der Waals surface area (Å²) in [4.78, 5) is 22.2. The van der Waals surface area contributed by atoms with Crippen molar-refractivity contribution in [1.29, 1.82) is 0 Å². The predicted octanol–water partition coefficient (Wildman–Crippen LogP) is 2.25. The van der Waals surface area contributed by atoms with Gasteiger partial charge in [-0.15, -0.1) is 11.8 Å². The lowest BCUT2D eigenvalue weighted by molar-refractivity contribution is -0.132. The van der Waals surface area contributed by atoms with Gasteiger partial charge in [-0.1, -0.05) is 12.1 Å². The van der Waals surface area contributed by atoms with Crippen LogP contribution in [0, 0.1) is 5.82 Å². The Morgan fingerprint density at radius 3 is 2.61 bits per heavy atom. The van der Waals surface area contributed by atoms with E-state index < -0.39 is 4.87 Å². The van der Waals surface area contributed by atoms with Gasteiger partial charge in [0.05, 0.1) is 11.3 Å². The summed E-state index contributed by atoms with van der Waals surface area (Å²) in [5.41, 5.74) is 0.967. The summed E-state index contributed by atoms with van der Waals surface area (Å²) in [6.45, 7) is 1.84. The van der Waals surface area contributed by atoms with Crippen molar-refractivity contribution >= 4 is 23.5 Å². The zero-order valence-electron chi connectivity index (χ0n) is 10.0. The standard InChI is InChI=1S/C13H14FNO2S/c1-13(7-11(16)6-12(17)15-13)18-8-9-2-4-10(14)5-3-9/h2-5H,6-8H2,1H3,(H,15,17)/t13-/m0/s1. The highest BCUT2D eigenvalue weighted by atomic mass is 32.2. The number of Topliss-reactive ketones (excluding diaryl/α,β-unsaturated/α-hetero) is 1. The summed E-state index contributed by atoms with van der Waals surface area (Å²) >= 11 is 1.49. The predicted molar refractivity (Wildman–Crippen MR) is 68.5 cm³/mol. The first-order chi connectivity index (χ1) is 8.47. The zero-order valence-corrected chi connectivity index (χ0v) is 10.8. The van der Waals surface area contributed by atoms with Gasteiger partial charge in [0.2, 0.25) is 5.91 Å². The van der Waals surface area contributed by atoms with Gasteiger partial charge in [-0.05, 0) is 24.6 Å². The topological polar surface area (TPSA) is 46.2 Å². The van der Waals surface area contributed by atoms with E-state index in [1.807, 2.05) is 6.92 Å². The molecule has 18 heavy (non-hydrogen) atoms. The minimum atomic E-state index is -0.555. The fraction of sp³-hybridized carbons (Fsp3) is 0.385. The monoisotopic (exact) mass is 267 g/mol. The number of carbonyl (C=O) groups is 2. The van der Waals surface area contributed by atoms with Crippen LogP contribution in [0.25, 0.3) is 0 Å². The van der Waals surface area contributed by atoms with Crippen molar-refractivity contribution in [3.63, 3.8) is 0 Å². The van der Waals surface area contributed by atoms with E-state index in [0.717, 1.165) is 5.56 Å². The molecule has 1 amide bonds. The fourth-order valence-corrected chi connectivity index (χ4v) is 3.04. The Kier molecular flexibility index (Phi) is 3.71. The minimum Gasteiger partial charge on any atom is -0.341 e. The second kappa shape index (κ2) is 5.10. The van der Waals surface area contributed by atoms with Crippen molar-refractivity contribution in [2.75, 3.05) is 0 Å². The summed E-state index contributed by atoms with van der Waals surface area (Å²) in [6, 6.07) is 6.22. The van der Waals surface area contributed by atoms with Crippen molar-refractivity contribution in [2.24, 2.45) is 0 Å². The third kappa shape index (κ3) is 3.32. The molecule has 0 bridgehead atoms. The average Bonchev–Trinajstić information content (AvgIpc) is 2.26. The molecule has 1 N–H and O–H groups in total. The molecule has 1 aromatic rings. The Hall–Kier alpha value is -1.36. The molecule has 0 aromatic heterocycles. The summed E-state index contributed by atoms with van der Waals surface area (Å²) in [7, 11) is 0. The van der Waals surface area contributed by atoms with Crippen molar-refractivity contribution < 1.29 is 14.0 Å². The van der Waals surface area contributed by atoms with Crippen LogP contribution in [0.15, 0.2) is 24.3 Å². The lowest BCUT2D eigenvalue weighted by Gasteiger charge is -2.33. The molecule has 1 aliphatic heterocycles. The minimum absolute atomic E-state index is 0.0211. The van der Waals surface area contributed by atoms with Crippen molar-refractivity contribution in [2.45, 2.75) is 30.4 Å². The van der Waals surface area contributed by atoms with Crippen LogP contribution in [0.3, 0.4) is 0 Å². The molecule has 1 atom stereocenters. The molecule has 1 heterocycles. The van der Waals surface area contributed by atoms with Crippen LogP contribution in [0.1, 0.15) is 25.3 Å². The van der Waals surface area contributed by atoms with E-state index in [1.165, 1.54) is 23.9 Å². The van der Waals surface area contributed by atoms with Gasteiger partial charge in [0.15, 0.2) is 0 Å². The molecule has 3 nitrogen and oxygen atoms in total. The second-order valence-electron chi connectivity index (χ2n) is 4.59. The number of carbonyl (C=O) groups excluding carboxylic acids is 2. The Morgan fingerprint density at radius 1 is 1.33 bits per heavy atom. The maximum Gasteiger partial charge on any atom is 0.228 e. The summed E-state index contributed by atoms with van der Waals surface area (Å²) in [5, 5.41) is 2.83. The third-order valence-corrected chi connectivity index (χ3v) is 4.13. The Balaban J connectivity index is 1.98. The number of amides is 1. The molecule has 0 spiro atoms. The highest BCUT2D eigenvalue weighted by molar-refractivity contribution is 7.99. The van der Waals surface area contributed by atoms with Gasteiger partial charge in [0.25, 0.3) is 0 Å². The number of piperidine rings is 1. The Morgan fingerprint density at radius 2 is 2.00 bits per heavy atom. The van der Waals surface area contributed by atoms with Gasteiger partial charge in [0.1, 0.15) is 11.6 Å². The summed E-state index contributed by atoms with van der Waals surface area (Å²) < 4.78 is 12.8. The first kappa shape index (κ1) is 13.1. The van der Waals surface area contributed by atoms with Crippen LogP contribution in [0.2, 0.25) is 0 Å². The molecular weight excluding hydrogens is 253 g/mol. The largest absolute Gasteiger partial charge is 0.341 e. The molecule has 1 saturated heterocycles. The molecule has 0 unspecified atom stereocenters. The van der Waals surface area contributed by atoms with Crippen molar-refractivity contribution in [3.05, 3.63) is 35.6 Å². The van der Waals surface area contributed by atoms with Crippen LogP contribution >= 0.6 is 11.8 Å². The Bertz CT molecular complexity index is 456. The van der Waals surface area contributed by atoms with Crippen LogP contribution < -0.4 is 5.32 Å². The van der Waals surface area contributed by atoms with Gasteiger partial charge in [-0.2, -0.15) is 0 Å². The van der Waals surface area contributed by atoms with Crippen LogP contribution in [0.4, 0.5) is 4.39 Å². The van der Waals surface area contributed by atoms with E-state index in [0.29, 0.717) is 12.2 Å². The molecule has 1 fully saturated rings. The van der Waals surface area contributed by atoms with Gasteiger partial charge >= 0.3 is 0 Å². The van der Waals surface area contributed by atoms with E-state index in [2.05, 4.69) is 5.32 Å². The highest BCUT2D eigenvalue weighted by Gasteiger charge is 2.35. The lowest BCUT2D eigenvalue weighted by atomic mass is 10.0. The fourth-order valence-electron chi connectivity index (χ4n) is 1.91. The van der Waals surface area contributed by atoms with Gasteiger partial charge < -0.3 is 5.32 Å². The van der Waals surface area contributed by atoms with E-state index in [1.54, 1.807) is 12.1 Å². The number of hydrogen-bond donors (Lipinski definition) is 1. The van der Waals surface area contributed by atoms with Crippen LogP contribution in [-0.2, 0) is 15.3 Å². The van der Waals surface area contributed by atoms with Gasteiger partial charge in [-0.3, -0.25) is 9.59 Å². The maximum atomic E-state index is 12.8. The van der Waals surface area contributed by atoms with Gasteiger partial charge in [-0.25, -0.2) is 4.39 Å². The van der Waals surface area contributed by atoms with Crippen molar-refractivity contribution in [3.8, 4) is 0 Å². The van der Waals surface area contributed by atoms with Crippen LogP contribution in [-0.4, -0.2) is 16.6 Å². The molecule has 1 aliphatic rings. The molecule has 2 rings (SSSR count). The highest BCUT2D eigenvalue weighted by Crippen LogP contribution is 2.32.